The van der Waals surface area contributed by atoms with Crippen molar-refractivity contribution in [3.8, 4) is 5.75 Å². The van der Waals surface area contributed by atoms with Crippen LogP contribution in [0, 0.1) is 5.92 Å². The van der Waals surface area contributed by atoms with Crippen LogP contribution in [-0.4, -0.2) is 19.7 Å². The number of carbonyl (C=O) groups is 1. The zero-order valence-electron chi connectivity index (χ0n) is 13.0. The number of esters is 1. The van der Waals surface area contributed by atoms with Crippen molar-refractivity contribution < 1.29 is 14.3 Å². The average molecular weight is 278 g/mol. The third-order valence-corrected chi connectivity index (χ3v) is 3.22. The molecule has 3 heteroatoms. The second-order valence-electron chi connectivity index (χ2n) is 5.54. The Morgan fingerprint density at radius 3 is 2.35 bits per heavy atom. The fourth-order valence-corrected chi connectivity index (χ4v) is 2.13. The van der Waals surface area contributed by atoms with E-state index in [1.54, 1.807) is 7.11 Å². The molecule has 20 heavy (non-hydrogen) atoms. The SMILES string of the molecule is CCCC(CC(=O)OCC(C)C)c1ccc(OC)cc1. The molecule has 0 aliphatic carbocycles. The maximum Gasteiger partial charge on any atom is 0.306 e. The van der Waals surface area contributed by atoms with E-state index in [4.69, 9.17) is 9.47 Å². The lowest BCUT2D eigenvalue weighted by Gasteiger charge is -2.17. The van der Waals surface area contributed by atoms with Gasteiger partial charge >= 0.3 is 5.97 Å². The molecule has 112 valence electrons. The zero-order valence-corrected chi connectivity index (χ0v) is 13.0. The van der Waals surface area contributed by atoms with Crippen LogP contribution in [0.3, 0.4) is 0 Å². The largest absolute Gasteiger partial charge is 0.497 e. The molecule has 0 spiro atoms. The van der Waals surface area contributed by atoms with Gasteiger partial charge in [-0.3, -0.25) is 4.79 Å². The number of hydrogen-bond donors (Lipinski definition) is 0. The molecule has 3 nitrogen and oxygen atoms in total. The summed E-state index contributed by atoms with van der Waals surface area (Å²) in [6.45, 7) is 6.72. The van der Waals surface area contributed by atoms with Crippen LogP contribution in [0.4, 0.5) is 0 Å². The molecule has 0 aliphatic rings. The number of hydrogen-bond acceptors (Lipinski definition) is 3. The minimum Gasteiger partial charge on any atom is -0.497 e. The quantitative estimate of drug-likeness (QED) is 0.670. The molecule has 0 fully saturated rings. The van der Waals surface area contributed by atoms with Crippen molar-refractivity contribution in [3.63, 3.8) is 0 Å². The van der Waals surface area contributed by atoms with Crippen LogP contribution in [0.25, 0.3) is 0 Å². The minimum absolute atomic E-state index is 0.104. The van der Waals surface area contributed by atoms with E-state index in [-0.39, 0.29) is 11.9 Å². The standard InChI is InChI=1S/C17H26O3/c1-5-6-15(11-17(18)20-12-13(2)3)14-7-9-16(19-4)10-8-14/h7-10,13,15H,5-6,11-12H2,1-4H3. The molecule has 1 atom stereocenters. The first-order chi connectivity index (χ1) is 9.56. The summed E-state index contributed by atoms with van der Waals surface area (Å²) in [5, 5.41) is 0. The van der Waals surface area contributed by atoms with E-state index in [0.29, 0.717) is 18.9 Å². The lowest BCUT2D eigenvalue weighted by atomic mass is 9.91. The van der Waals surface area contributed by atoms with Gasteiger partial charge in [-0.25, -0.2) is 0 Å². The molecule has 1 unspecified atom stereocenters. The Bertz CT molecular complexity index is 395. The Balaban J connectivity index is 2.65. The van der Waals surface area contributed by atoms with Crippen LogP contribution in [0.15, 0.2) is 24.3 Å². The van der Waals surface area contributed by atoms with Crippen molar-refractivity contribution in [2.75, 3.05) is 13.7 Å². The fraction of sp³-hybridized carbons (Fsp3) is 0.588. The van der Waals surface area contributed by atoms with Crippen LogP contribution >= 0.6 is 0 Å². The lowest BCUT2D eigenvalue weighted by molar-refractivity contribution is -0.145. The Labute approximate surface area is 122 Å². The molecule has 0 saturated carbocycles. The summed E-state index contributed by atoms with van der Waals surface area (Å²) in [5.41, 5.74) is 1.18. The van der Waals surface area contributed by atoms with Gasteiger partial charge in [0, 0.05) is 0 Å². The maximum atomic E-state index is 11.9. The first-order valence-electron chi connectivity index (χ1n) is 7.36. The van der Waals surface area contributed by atoms with Gasteiger partial charge in [0.05, 0.1) is 20.1 Å². The lowest BCUT2D eigenvalue weighted by Crippen LogP contribution is -2.13. The van der Waals surface area contributed by atoms with Crippen LogP contribution in [0.2, 0.25) is 0 Å². The minimum atomic E-state index is -0.104. The molecule has 0 aliphatic heterocycles. The average Bonchev–Trinajstić information content (AvgIpc) is 2.45. The van der Waals surface area contributed by atoms with Crippen LogP contribution in [0.5, 0.6) is 5.75 Å². The van der Waals surface area contributed by atoms with E-state index in [9.17, 15) is 4.79 Å². The predicted octanol–water partition coefficient (Wildman–Crippen LogP) is 4.17. The number of ether oxygens (including phenoxy) is 2. The normalized spacial score (nSPS) is 12.2. The van der Waals surface area contributed by atoms with Gasteiger partial charge in [0.25, 0.3) is 0 Å². The van der Waals surface area contributed by atoms with E-state index < -0.39 is 0 Å². The van der Waals surface area contributed by atoms with E-state index in [2.05, 4.69) is 6.92 Å². The monoisotopic (exact) mass is 278 g/mol. The van der Waals surface area contributed by atoms with Crippen LogP contribution in [-0.2, 0) is 9.53 Å². The van der Waals surface area contributed by atoms with Crippen molar-refractivity contribution in [2.45, 2.75) is 46.0 Å². The fourth-order valence-electron chi connectivity index (χ4n) is 2.13. The van der Waals surface area contributed by atoms with Crippen molar-refractivity contribution in [2.24, 2.45) is 5.92 Å². The highest BCUT2D eigenvalue weighted by molar-refractivity contribution is 5.70. The van der Waals surface area contributed by atoms with E-state index in [0.717, 1.165) is 18.6 Å². The maximum absolute atomic E-state index is 11.9. The van der Waals surface area contributed by atoms with Crippen molar-refractivity contribution in [1.82, 2.24) is 0 Å². The van der Waals surface area contributed by atoms with Gasteiger partial charge in [0.1, 0.15) is 5.75 Å². The molecule has 0 bridgehead atoms. The molecule has 0 saturated heterocycles. The Hall–Kier alpha value is -1.51. The van der Waals surface area contributed by atoms with Gasteiger partial charge < -0.3 is 9.47 Å². The summed E-state index contributed by atoms with van der Waals surface area (Å²) in [5.74, 6) is 1.34. The molecule has 1 rings (SSSR count). The van der Waals surface area contributed by atoms with Gasteiger partial charge in [-0.05, 0) is 36.0 Å². The molecule has 0 N–H and O–H groups in total. The highest BCUT2D eigenvalue weighted by Gasteiger charge is 2.16. The van der Waals surface area contributed by atoms with E-state index >= 15 is 0 Å². The molecular formula is C17H26O3. The second-order valence-corrected chi connectivity index (χ2v) is 5.54. The predicted molar refractivity (Wildman–Crippen MR) is 81.1 cm³/mol. The first kappa shape index (κ1) is 16.5. The highest BCUT2D eigenvalue weighted by atomic mass is 16.5. The molecule has 0 heterocycles. The van der Waals surface area contributed by atoms with Crippen molar-refractivity contribution >= 4 is 5.97 Å². The van der Waals surface area contributed by atoms with Crippen LogP contribution < -0.4 is 4.74 Å². The Kier molecular flexibility index (Phi) is 7.13. The van der Waals surface area contributed by atoms with Crippen molar-refractivity contribution in [3.05, 3.63) is 29.8 Å². The summed E-state index contributed by atoms with van der Waals surface area (Å²) >= 11 is 0. The number of rotatable bonds is 8. The second kappa shape index (κ2) is 8.62. The Morgan fingerprint density at radius 2 is 1.85 bits per heavy atom. The summed E-state index contributed by atoms with van der Waals surface area (Å²) in [7, 11) is 1.65. The molecule has 0 aromatic heterocycles. The smallest absolute Gasteiger partial charge is 0.306 e. The summed E-state index contributed by atoms with van der Waals surface area (Å²) in [6, 6.07) is 7.96. The third kappa shape index (κ3) is 5.64. The van der Waals surface area contributed by atoms with Crippen molar-refractivity contribution in [1.29, 1.82) is 0 Å². The first-order valence-corrected chi connectivity index (χ1v) is 7.36. The highest BCUT2D eigenvalue weighted by Crippen LogP contribution is 2.27. The van der Waals surface area contributed by atoms with Gasteiger partial charge in [0.2, 0.25) is 0 Å². The molecular weight excluding hydrogens is 252 g/mol. The molecule has 0 amide bonds. The van der Waals surface area contributed by atoms with Gasteiger partial charge in [-0.15, -0.1) is 0 Å². The number of carbonyl (C=O) groups excluding carboxylic acids is 1. The molecule has 0 radical (unpaired) electrons. The van der Waals surface area contributed by atoms with Gasteiger partial charge in [-0.1, -0.05) is 39.3 Å². The molecule has 1 aromatic rings. The van der Waals surface area contributed by atoms with Gasteiger partial charge in [-0.2, -0.15) is 0 Å². The van der Waals surface area contributed by atoms with Crippen LogP contribution in [0.1, 0.15) is 51.5 Å². The third-order valence-electron chi connectivity index (χ3n) is 3.22. The summed E-state index contributed by atoms with van der Waals surface area (Å²) in [4.78, 5) is 11.9. The Morgan fingerprint density at radius 1 is 1.20 bits per heavy atom. The zero-order chi connectivity index (χ0) is 15.0. The van der Waals surface area contributed by atoms with E-state index in [1.165, 1.54) is 5.56 Å². The number of methoxy groups -OCH3 is 1. The number of benzene rings is 1. The molecule has 1 aromatic carbocycles. The van der Waals surface area contributed by atoms with E-state index in [1.807, 2.05) is 38.1 Å². The summed E-state index contributed by atoms with van der Waals surface area (Å²) < 4.78 is 10.4. The topological polar surface area (TPSA) is 35.5 Å². The summed E-state index contributed by atoms with van der Waals surface area (Å²) in [6.07, 6.45) is 2.49. The van der Waals surface area contributed by atoms with Gasteiger partial charge in [0.15, 0.2) is 0 Å².